The van der Waals surface area contributed by atoms with Crippen LogP contribution in [0, 0.1) is 0 Å². The van der Waals surface area contributed by atoms with E-state index in [1.807, 2.05) is 0 Å². The highest BCUT2D eigenvalue weighted by molar-refractivity contribution is 4.78. The lowest BCUT2D eigenvalue weighted by atomic mass is 10.1. The van der Waals surface area contributed by atoms with Crippen LogP contribution in [-0.2, 0) is 4.74 Å². The Labute approximate surface area is 106 Å². The fourth-order valence-corrected chi connectivity index (χ4v) is 2.46. The van der Waals surface area contributed by atoms with E-state index in [0.29, 0.717) is 6.04 Å². The van der Waals surface area contributed by atoms with Gasteiger partial charge >= 0.3 is 0 Å². The molecule has 1 unspecified atom stereocenters. The molecule has 0 aromatic heterocycles. The molecule has 4 nitrogen and oxygen atoms in total. The van der Waals surface area contributed by atoms with Crippen molar-refractivity contribution in [2.24, 2.45) is 5.73 Å². The standard InChI is InChI=1S/C13H29N3O/c1-3-13(12-14)16-9-7-15(8-10-16)6-5-11-17-4-2/h13H,3-12,14H2,1-2H3. The Kier molecular flexibility index (Phi) is 7.77. The number of ether oxygens (including phenoxy) is 1. The molecule has 0 saturated carbocycles. The average molecular weight is 243 g/mol. The first-order chi connectivity index (χ1) is 8.31. The minimum absolute atomic E-state index is 0.584. The second kappa shape index (κ2) is 8.86. The molecule has 102 valence electrons. The molecule has 1 heterocycles. The quantitative estimate of drug-likeness (QED) is 0.639. The first-order valence-electron chi connectivity index (χ1n) is 7.06. The highest BCUT2D eigenvalue weighted by Crippen LogP contribution is 2.08. The summed E-state index contributed by atoms with van der Waals surface area (Å²) in [5.41, 5.74) is 5.79. The Hall–Kier alpha value is -0.160. The molecule has 1 aliphatic rings. The molecule has 1 fully saturated rings. The summed E-state index contributed by atoms with van der Waals surface area (Å²) in [6.45, 7) is 12.7. The van der Waals surface area contributed by atoms with Crippen LogP contribution in [-0.4, -0.2) is 68.3 Å². The Balaban J connectivity index is 2.12. The van der Waals surface area contributed by atoms with Gasteiger partial charge < -0.3 is 15.4 Å². The SMILES string of the molecule is CCOCCCN1CCN(C(CC)CN)CC1. The van der Waals surface area contributed by atoms with E-state index in [2.05, 4.69) is 23.6 Å². The van der Waals surface area contributed by atoms with Crippen LogP contribution in [0.25, 0.3) is 0 Å². The Morgan fingerprint density at radius 2 is 1.88 bits per heavy atom. The molecule has 0 aliphatic carbocycles. The maximum absolute atomic E-state index is 5.79. The second-order valence-electron chi connectivity index (χ2n) is 4.73. The van der Waals surface area contributed by atoms with Crippen molar-refractivity contribution < 1.29 is 4.74 Å². The molecule has 4 heteroatoms. The summed E-state index contributed by atoms with van der Waals surface area (Å²) >= 11 is 0. The Morgan fingerprint density at radius 3 is 2.41 bits per heavy atom. The molecular weight excluding hydrogens is 214 g/mol. The normalized spacial score (nSPS) is 20.6. The van der Waals surface area contributed by atoms with Gasteiger partial charge in [-0.15, -0.1) is 0 Å². The third kappa shape index (κ3) is 5.34. The van der Waals surface area contributed by atoms with Crippen molar-refractivity contribution in [1.82, 2.24) is 9.80 Å². The van der Waals surface area contributed by atoms with Gasteiger partial charge in [0.1, 0.15) is 0 Å². The second-order valence-corrected chi connectivity index (χ2v) is 4.73. The van der Waals surface area contributed by atoms with Gasteiger partial charge in [0, 0.05) is 58.5 Å². The van der Waals surface area contributed by atoms with E-state index in [-0.39, 0.29) is 0 Å². The van der Waals surface area contributed by atoms with E-state index in [9.17, 15) is 0 Å². The van der Waals surface area contributed by atoms with Gasteiger partial charge in [-0.25, -0.2) is 0 Å². The highest BCUT2D eigenvalue weighted by atomic mass is 16.5. The van der Waals surface area contributed by atoms with Gasteiger partial charge in [-0.05, 0) is 19.8 Å². The third-order valence-electron chi connectivity index (χ3n) is 3.63. The van der Waals surface area contributed by atoms with Crippen LogP contribution in [0.3, 0.4) is 0 Å². The molecule has 1 saturated heterocycles. The van der Waals surface area contributed by atoms with Gasteiger partial charge in [0.2, 0.25) is 0 Å². The lowest BCUT2D eigenvalue weighted by Gasteiger charge is -2.38. The van der Waals surface area contributed by atoms with E-state index in [0.717, 1.165) is 26.2 Å². The predicted octanol–water partition coefficient (Wildman–Crippen LogP) is 0.768. The topological polar surface area (TPSA) is 41.7 Å². The zero-order valence-corrected chi connectivity index (χ0v) is 11.5. The number of hydrogen-bond donors (Lipinski definition) is 1. The lowest BCUT2D eigenvalue weighted by molar-refractivity contribution is 0.0834. The molecule has 0 spiro atoms. The van der Waals surface area contributed by atoms with Crippen molar-refractivity contribution in [3.63, 3.8) is 0 Å². The van der Waals surface area contributed by atoms with Crippen molar-refractivity contribution in [1.29, 1.82) is 0 Å². The molecule has 2 N–H and O–H groups in total. The summed E-state index contributed by atoms with van der Waals surface area (Å²) in [6, 6.07) is 0.584. The van der Waals surface area contributed by atoms with Crippen molar-refractivity contribution in [2.45, 2.75) is 32.7 Å². The Morgan fingerprint density at radius 1 is 1.18 bits per heavy atom. The van der Waals surface area contributed by atoms with E-state index in [1.165, 1.54) is 39.1 Å². The van der Waals surface area contributed by atoms with Crippen molar-refractivity contribution in [2.75, 3.05) is 52.5 Å². The van der Waals surface area contributed by atoms with E-state index in [4.69, 9.17) is 10.5 Å². The number of hydrogen-bond acceptors (Lipinski definition) is 4. The number of nitrogens with two attached hydrogens (primary N) is 1. The number of nitrogens with zero attached hydrogens (tertiary/aromatic N) is 2. The smallest absolute Gasteiger partial charge is 0.0478 e. The van der Waals surface area contributed by atoms with Gasteiger partial charge in [-0.1, -0.05) is 6.92 Å². The molecule has 0 radical (unpaired) electrons. The fourth-order valence-electron chi connectivity index (χ4n) is 2.46. The van der Waals surface area contributed by atoms with Crippen LogP contribution in [0.5, 0.6) is 0 Å². The van der Waals surface area contributed by atoms with Crippen molar-refractivity contribution in [3.05, 3.63) is 0 Å². The highest BCUT2D eigenvalue weighted by Gasteiger charge is 2.21. The fraction of sp³-hybridized carbons (Fsp3) is 1.00. The molecule has 1 atom stereocenters. The van der Waals surface area contributed by atoms with Crippen LogP contribution in [0.2, 0.25) is 0 Å². The predicted molar refractivity (Wildman–Crippen MR) is 72.3 cm³/mol. The van der Waals surface area contributed by atoms with Crippen molar-refractivity contribution in [3.8, 4) is 0 Å². The third-order valence-corrected chi connectivity index (χ3v) is 3.63. The maximum atomic E-state index is 5.79. The van der Waals surface area contributed by atoms with Gasteiger partial charge in [0.25, 0.3) is 0 Å². The minimum Gasteiger partial charge on any atom is -0.382 e. The van der Waals surface area contributed by atoms with Gasteiger partial charge in [-0.2, -0.15) is 0 Å². The monoisotopic (exact) mass is 243 g/mol. The summed E-state index contributed by atoms with van der Waals surface area (Å²) in [5, 5.41) is 0. The van der Waals surface area contributed by atoms with Crippen LogP contribution >= 0.6 is 0 Å². The number of rotatable bonds is 8. The molecule has 17 heavy (non-hydrogen) atoms. The van der Waals surface area contributed by atoms with Crippen LogP contribution in [0.4, 0.5) is 0 Å². The largest absolute Gasteiger partial charge is 0.382 e. The summed E-state index contributed by atoms with van der Waals surface area (Å²) in [4.78, 5) is 5.08. The lowest BCUT2D eigenvalue weighted by Crippen LogP contribution is -2.52. The molecule has 1 rings (SSSR count). The van der Waals surface area contributed by atoms with Gasteiger partial charge in [0.05, 0.1) is 0 Å². The van der Waals surface area contributed by atoms with Crippen LogP contribution < -0.4 is 5.73 Å². The summed E-state index contributed by atoms with van der Waals surface area (Å²) in [6.07, 6.45) is 2.32. The summed E-state index contributed by atoms with van der Waals surface area (Å²) in [5.74, 6) is 0. The van der Waals surface area contributed by atoms with Gasteiger partial charge in [0.15, 0.2) is 0 Å². The van der Waals surface area contributed by atoms with E-state index < -0.39 is 0 Å². The zero-order chi connectivity index (χ0) is 12.5. The molecule has 0 aromatic rings. The van der Waals surface area contributed by atoms with Crippen LogP contribution in [0.1, 0.15) is 26.7 Å². The molecular formula is C13H29N3O. The van der Waals surface area contributed by atoms with Crippen LogP contribution in [0.15, 0.2) is 0 Å². The Bertz CT molecular complexity index is 178. The first kappa shape index (κ1) is 14.9. The van der Waals surface area contributed by atoms with E-state index >= 15 is 0 Å². The minimum atomic E-state index is 0.584. The molecule has 1 aliphatic heterocycles. The van der Waals surface area contributed by atoms with Crippen molar-refractivity contribution >= 4 is 0 Å². The van der Waals surface area contributed by atoms with E-state index in [1.54, 1.807) is 0 Å². The number of piperazine rings is 1. The summed E-state index contributed by atoms with van der Waals surface area (Å²) < 4.78 is 5.37. The average Bonchev–Trinajstić information content (AvgIpc) is 2.38. The zero-order valence-electron chi connectivity index (χ0n) is 11.5. The molecule has 0 bridgehead atoms. The molecule has 0 aromatic carbocycles. The first-order valence-corrected chi connectivity index (χ1v) is 7.06. The van der Waals surface area contributed by atoms with Gasteiger partial charge in [-0.3, -0.25) is 4.90 Å². The molecule has 0 amide bonds. The maximum Gasteiger partial charge on any atom is 0.0478 e. The summed E-state index contributed by atoms with van der Waals surface area (Å²) in [7, 11) is 0.